The highest BCUT2D eigenvalue weighted by atomic mass is 35.5. The van der Waals surface area contributed by atoms with Gasteiger partial charge in [-0.15, -0.1) is 0 Å². The molecule has 1 heterocycles. The number of aryl methyl sites for hydroxylation is 2. The number of thiazole rings is 1. The summed E-state index contributed by atoms with van der Waals surface area (Å²) in [5.74, 6) is -0.257. The summed E-state index contributed by atoms with van der Waals surface area (Å²) in [6.45, 7) is 3.91. The number of benzene rings is 2. The first-order valence-electron chi connectivity index (χ1n) is 7.18. The van der Waals surface area contributed by atoms with E-state index in [0.717, 1.165) is 21.3 Å². The van der Waals surface area contributed by atoms with Gasteiger partial charge in [0.05, 0.1) is 10.2 Å². The summed E-state index contributed by atoms with van der Waals surface area (Å²) in [4.78, 5) is 16.6. The Morgan fingerprint density at radius 2 is 1.92 bits per heavy atom. The van der Waals surface area contributed by atoms with Gasteiger partial charge in [0.15, 0.2) is 10.2 Å². The molecule has 2 aromatic carbocycles. The van der Waals surface area contributed by atoms with Gasteiger partial charge in [0.1, 0.15) is 0 Å². The molecule has 0 aliphatic carbocycles. The number of rotatable bonds is 2. The van der Waals surface area contributed by atoms with Crippen molar-refractivity contribution in [1.29, 1.82) is 0 Å². The summed E-state index contributed by atoms with van der Waals surface area (Å²) in [6, 6.07) is 11.1. The largest absolute Gasteiger partial charge is 0.308 e. The predicted octanol–water partition coefficient (Wildman–Crippen LogP) is 4.69. The first-order chi connectivity index (χ1) is 11.4. The molecule has 122 valence electrons. The van der Waals surface area contributed by atoms with Crippen LogP contribution in [0, 0.1) is 13.8 Å². The fourth-order valence-electron chi connectivity index (χ4n) is 2.11. The van der Waals surface area contributed by atoms with Gasteiger partial charge in [-0.05, 0) is 55.9 Å². The standard InChI is InChI=1S/C17H14ClN3OS2/c1-9-3-5-11(6-4-9)15(22)20-16(23)21-17-19-13-8-12(18)10(2)7-14(13)24-17/h3-8H,1-2H3,(H2,19,20,21,22,23). The third-order valence-electron chi connectivity index (χ3n) is 3.43. The number of carbonyl (C=O) groups is 1. The molecule has 0 aliphatic rings. The normalized spacial score (nSPS) is 10.6. The Labute approximate surface area is 153 Å². The number of hydrogen-bond donors (Lipinski definition) is 2. The molecule has 3 aromatic rings. The first kappa shape index (κ1) is 16.8. The fourth-order valence-corrected chi connectivity index (χ4v) is 3.47. The highest BCUT2D eigenvalue weighted by Gasteiger charge is 2.11. The second-order valence-electron chi connectivity index (χ2n) is 5.36. The predicted molar refractivity (Wildman–Crippen MR) is 104 cm³/mol. The van der Waals surface area contributed by atoms with Crippen molar-refractivity contribution >= 4 is 61.5 Å². The van der Waals surface area contributed by atoms with E-state index in [-0.39, 0.29) is 11.0 Å². The number of thiocarbonyl (C=S) groups is 1. The van der Waals surface area contributed by atoms with Crippen molar-refractivity contribution in [2.75, 3.05) is 5.32 Å². The van der Waals surface area contributed by atoms with Gasteiger partial charge < -0.3 is 5.32 Å². The zero-order valence-electron chi connectivity index (χ0n) is 13.0. The molecule has 1 aromatic heterocycles. The molecule has 0 unspecified atom stereocenters. The molecule has 0 saturated carbocycles. The average Bonchev–Trinajstić information content (AvgIpc) is 2.89. The zero-order chi connectivity index (χ0) is 17.3. The Morgan fingerprint density at radius 1 is 1.21 bits per heavy atom. The van der Waals surface area contributed by atoms with Gasteiger partial charge >= 0.3 is 0 Å². The van der Waals surface area contributed by atoms with E-state index < -0.39 is 0 Å². The summed E-state index contributed by atoms with van der Waals surface area (Å²) in [6.07, 6.45) is 0. The van der Waals surface area contributed by atoms with Crippen molar-refractivity contribution in [3.05, 3.63) is 58.1 Å². The molecule has 1 amide bonds. The van der Waals surface area contributed by atoms with Crippen LogP contribution in [-0.2, 0) is 0 Å². The number of nitrogens with zero attached hydrogens (tertiary/aromatic N) is 1. The van der Waals surface area contributed by atoms with Crippen LogP contribution in [0.25, 0.3) is 10.2 Å². The Morgan fingerprint density at radius 3 is 2.62 bits per heavy atom. The third kappa shape index (κ3) is 3.72. The molecule has 0 aliphatic heterocycles. The minimum atomic E-state index is -0.257. The highest BCUT2D eigenvalue weighted by molar-refractivity contribution is 7.80. The van der Waals surface area contributed by atoms with Gasteiger partial charge in [-0.25, -0.2) is 4.98 Å². The van der Waals surface area contributed by atoms with Gasteiger partial charge in [-0.1, -0.05) is 40.6 Å². The monoisotopic (exact) mass is 375 g/mol. The van der Waals surface area contributed by atoms with Crippen LogP contribution >= 0.6 is 35.2 Å². The van der Waals surface area contributed by atoms with Crippen LogP contribution in [0.1, 0.15) is 21.5 Å². The summed E-state index contributed by atoms with van der Waals surface area (Å²) in [5.41, 5.74) is 3.44. The summed E-state index contributed by atoms with van der Waals surface area (Å²) in [5, 5.41) is 7.10. The third-order valence-corrected chi connectivity index (χ3v) is 4.98. The van der Waals surface area contributed by atoms with E-state index in [9.17, 15) is 4.79 Å². The fraction of sp³-hybridized carbons (Fsp3) is 0.118. The Hall–Kier alpha value is -2.02. The van der Waals surface area contributed by atoms with E-state index in [2.05, 4.69) is 15.6 Å². The number of anilines is 1. The Bertz CT molecular complexity index is 896. The van der Waals surface area contributed by atoms with Crippen molar-refractivity contribution in [3.63, 3.8) is 0 Å². The van der Waals surface area contributed by atoms with Gasteiger partial charge in [-0.3, -0.25) is 10.1 Å². The lowest BCUT2D eigenvalue weighted by molar-refractivity contribution is 0.0978. The van der Waals surface area contributed by atoms with Gasteiger partial charge in [0, 0.05) is 10.6 Å². The zero-order valence-corrected chi connectivity index (χ0v) is 15.4. The van der Waals surface area contributed by atoms with Crippen LogP contribution in [0.15, 0.2) is 36.4 Å². The molecular weight excluding hydrogens is 362 g/mol. The minimum absolute atomic E-state index is 0.211. The quantitative estimate of drug-likeness (QED) is 0.638. The first-order valence-corrected chi connectivity index (χ1v) is 8.78. The topological polar surface area (TPSA) is 54.0 Å². The molecule has 24 heavy (non-hydrogen) atoms. The van der Waals surface area contributed by atoms with Crippen molar-refractivity contribution in [2.24, 2.45) is 0 Å². The lowest BCUT2D eigenvalue weighted by atomic mass is 10.1. The number of hydrogen-bond acceptors (Lipinski definition) is 4. The second kappa shape index (κ2) is 6.84. The molecule has 0 spiro atoms. The van der Waals surface area contributed by atoms with Crippen LogP contribution in [0.3, 0.4) is 0 Å². The van der Waals surface area contributed by atoms with Crippen LogP contribution in [0.4, 0.5) is 5.13 Å². The Kier molecular flexibility index (Phi) is 4.80. The van der Waals surface area contributed by atoms with Crippen LogP contribution in [-0.4, -0.2) is 16.0 Å². The molecule has 7 heteroatoms. The maximum Gasteiger partial charge on any atom is 0.257 e. The van der Waals surface area contributed by atoms with Crippen LogP contribution in [0.5, 0.6) is 0 Å². The molecule has 0 fully saturated rings. The van der Waals surface area contributed by atoms with E-state index in [1.165, 1.54) is 11.3 Å². The maximum absolute atomic E-state index is 12.1. The minimum Gasteiger partial charge on any atom is -0.308 e. The highest BCUT2D eigenvalue weighted by Crippen LogP contribution is 2.30. The van der Waals surface area contributed by atoms with Crippen molar-refractivity contribution < 1.29 is 4.79 Å². The summed E-state index contributed by atoms with van der Waals surface area (Å²) in [7, 11) is 0. The number of amides is 1. The van der Waals surface area contributed by atoms with E-state index in [1.54, 1.807) is 12.1 Å². The molecule has 0 bridgehead atoms. The smallest absolute Gasteiger partial charge is 0.257 e. The van der Waals surface area contributed by atoms with E-state index in [0.29, 0.717) is 15.7 Å². The van der Waals surface area contributed by atoms with Gasteiger partial charge in [0.2, 0.25) is 0 Å². The van der Waals surface area contributed by atoms with E-state index >= 15 is 0 Å². The summed E-state index contributed by atoms with van der Waals surface area (Å²) >= 11 is 12.8. The van der Waals surface area contributed by atoms with Crippen LogP contribution < -0.4 is 10.6 Å². The SMILES string of the molecule is Cc1ccc(C(=O)NC(=S)Nc2nc3cc(Cl)c(C)cc3s2)cc1. The number of halogens is 1. The molecule has 3 rings (SSSR count). The van der Waals surface area contributed by atoms with Gasteiger partial charge in [-0.2, -0.15) is 0 Å². The average molecular weight is 376 g/mol. The Balaban J connectivity index is 1.70. The molecule has 0 atom stereocenters. The lowest BCUT2D eigenvalue weighted by Crippen LogP contribution is -2.34. The molecule has 2 N–H and O–H groups in total. The molecule has 0 radical (unpaired) electrons. The molecule has 0 saturated heterocycles. The van der Waals surface area contributed by atoms with Gasteiger partial charge in [0.25, 0.3) is 5.91 Å². The summed E-state index contributed by atoms with van der Waals surface area (Å²) < 4.78 is 1.01. The van der Waals surface area contributed by atoms with E-state index in [1.807, 2.05) is 38.1 Å². The van der Waals surface area contributed by atoms with Crippen molar-refractivity contribution in [2.45, 2.75) is 13.8 Å². The molecular formula is C17H14ClN3OS2. The number of fused-ring (bicyclic) bond motifs is 1. The van der Waals surface area contributed by atoms with Crippen molar-refractivity contribution in [1.82, 2.24) is 10.3 Å². The van der Waals surface area contributed by atoms with Crippen LogP contribution in [0.2, 0.25) is 5.02 Å². The van der Waals surface area contributed by atoms with Crippen molar-refractivity contribution in [3.8, 4) is 0 Å². The maximum atomic E-state index is 12.1. The lowest BCUT2D eigenvalue weighted by Gasteiger charge is -2.07. The number of aromatic nitrogens is 1. The number of carbonyl (C=O) groups excluding carboxylic acids is 1. The molecule has 4 nitrogen and oxygen atoms in total. The second-order valence-corrected chi connectivity index (χ2v) is 7.21. The number of nitrogens with one attached hydrogen (secondary N) is 2. The van der Waals surface area contributed by atoms with E-state index in [4.69, 9.17) is 23.8 Å².